The second-order valence-corrected chi connectivity index (χ2v) is 3.52. The van der Waals surface area contributed by atoms with Crippen molar-refractivity contribution < 1.29 is 14.3 Å². The lowest BCUT2D eigenvalue weighted by Crippen LogP contribution is -2.04. The molecule has 0 spiro atoms. The molecule has 0 fully saturated rings. The Labute approximate surface area is 97.9 Å². The summed E-state index contributed by atoms with van der Waals surface area (Å²) in [6.45, 7) is 5.34. The van der Waals surface area contributed by atoms with Crippen LogP contribution < -0.4 is 0 Å². The number of fused-ring (bicyclic) bond motifs is 1. The Balaban J connectivity index is 2.54. The number of aromatic nitrogens is 1. The molecule has 0 saturated carbocycles. The topological polar surface area (TPSA) is 68.2 Å². The fraction of sp³-hybridized carbons (Fsp3) is 0.167. The second kappa shape index (κ2) is 4.29. The Bertz CT molecular complexity index is 586. The zero-order chi connectivity index (χ0) is 12.4. The Morgan fingerprint density at radius 1 is 1.59 bits per heavy atom. The van der Waals surface area contributed by atoms with E-state index in [0.29, 0.717) is 33.6 Å². The van der Waals surface area contributed by atoms with Crippen LogP contribution in [0.15, 0.2) is 24.3 Å². The summed E-state index contributed by atoms with van der Waals surface area (Å²) in [6, 6.07) is 6.74. The molecular formula is C12H12N2O3. The van der Waals surface area contributed by atoms with Crippen LogP contribution >= 0.6 is 0 Å². The normalized spacial score (nSPS) is 10.4. The Morgan fingerprint density at radius 2 is 2.35 bits per heavy atom. The van der Waals surface area contributed by atoms with E-state index in [2.05, 4.69) is 11.7 Å². The fourth-order valence-electron chi connectivity index (χ4n) is 1.68. The molecule has 5 heteroatoms. The Kier molecular flexibility index (Phi) is 2.82. The highest BCUT2D eigenvalue weighted by atomic mass is 16.5. The van der Waals surface area contributed by atoms with Crippen molar-refractivity contribution in [3.8, 4) is 0 Å². The number of hydrogen-bond acceptors (Lipinski definition) is 3. The standard InChI is InChI=1S/C12H12N2O3/c1-3-17-12(15)10-7-8-9(13-10)5-4-6-11(8)14(2)16/h4-7,13H,2-3H2,1H3. The van der Waals surface area contributed by atoms with E-state index in [9.17, 15) is 10.0 Å². The van der Waals surface area contributed by atoms with Gasteiger partial charge in [-0.15, -0.1) is 0 Å². The number of nitrogens with one attached hydrogen (secondary N) is 1. The van der Waals surface area contributed by atoms with E-state index in [4.69, 9.17) is 4.74 Å². The summed E-state index contributed by atoms with van der Waals surface area (Å²) in [5.41, 5.74) is 1.44. The van der Waals surface area contributed by atoms with Crippen LogP contribution in [0.25, 0.3) is 10.9 Å². The number of nitrogens with zero attached hydrogens (tertiary/aromatic N) is 1. The lowest BCUT2D eigenvalue weighted by molar-refractivity contribution is -0.347. The molecule has 1 N–H and O–H groups in total. The predicted octanol–water partition coefficient (Wildman–Crippen LogP) is 2.19. The third-order valence-electron chi connectivity index (χ3n) is 2.41. The SMILES string of the molecule is C=[N+]([O-])c1cccc2[nH]c(C(=O)OCC)cc12. The molecule has 88 valence electrons. The molecule has 17 heavy (non-hydrogen) atoms. The summed E-state index contributed by atoms with van der Waals surface area (Å²) in [4.78, 5) is 14.4. The summed E-state index contributed by atoms with van der Waals surface area (Å²) in [6.07, 6.45) is 0. The van der Waals surface area contributed by atoms with Crippen LogP contribution in [0.5, 0.6) is 0 Å². The van der Waals surface area contributed by atoms with E-state index >= 15 is 0 Å². The van der Waals surface area contributed by atoms with Gasteiger partial charge in [0, 0.05) is 6.07 Å². The second-order valence-electron chi connectivity index (χ2n) is 3.52. The molecule has 0 bridgehead atoms. The first-order valence-electron chi connectivity index (χ1n) is 5.20. The molecule has 0 aliphatic carbocycles. The number of rotatable bonds is 3. The summed E-state index contributed by atoms with van der Waals surface area (Å²) in [5, 5.41) is 11.9. The third-order valence-corrected chi connectivity index (χ3v) is 2.41. The summed E-state index contributed by atoms with van der Waals surface area (Å²) in [7, 11) is 0. The van der Waals surface area contributed by atoms with Crippen molar-refractivity contribution in [2.45, 2.75) is 6.92 Å². The van der Waals surface area contributed by atoms with Crippen LogP contribution in [0.1, 0.15) is 17.4 Å². The van der Waals surface area contributed by atoms with Gasteiger partial charge in [0.25, 0.3) is 0 Å². The highest BCUT2D eigenvalue weighted by molar-refractivity contribution is 5.98. The Hall–Kier alpha value is -2.30. The number of carbonyl (C=O) groups is 1. The average Bonchev–Trinajstić information content (AvgIpc) is 2.72. The minimum absolute atomic E-state index is 0.310. The smallest absolute Gasteiger partial charge is 0.354 e. The molecule has 2 rings (SSSR count). The third kappa shape index (κ3) is 1.99. The lowest BCUT2D eigenvalue weighted by atomic mass is 10.2. The number of H-pyrrole nitrogens is 1. The highest BCUT2D eigenvalue weighted by Crippen LogP contribution is 2.25. The molecule has 2 aromatic rings. The van der Waals surface area contributed by atoms with Gasteiger partial charge in [-0.05, 0) is 19.1 Å². The maximum Gasteiger partial charge on any atom is 0.354 e. The molecule has 0 unspecified atom stereocenters. The average molecular weight is 232 g/mol. The van der Waals surface area contributed by atoms with Gasteiger partial charge in [0.2, 0.25) is 5.69 Å². The maximum atomic E-state index is 11.5. The number of esters is 1. The minimum Gasteiger partial charge on any atom is -0.619 e. The van der Waals surface area contributed by atoms with Crippen LogP contribution in [0.2, 0.25) is 0 Å². The number of aromatic amines is 1. The van der Waals surface area contributed by atoms with E-state index < -0.39 is 5.97 Å². The molecule has 0 radical (unpaired) electrons. The van der Waals surface area contributed by atoms with E-state index in [1.54, 1.807) is 31.2 Å². The molecule has 0 aliphatic rings. The molecule has 5 nitrogen and oxygen atoms in total. The van der Waals surface area contributed by atoms with E-state index in [-0.39, 0.29) is 0 Å². The lowest BCUT2D eigenvalue weighted by Gasteiger charge is -2.00. The highest BCUT2D eigenvalue weighted by Gasteiger charge is 2.14. The Morgan fingerprint density at radius 3 is 3.00 bits per heavy atom. The number of carbonyl (C=O) groups excluding carboxylic acids is 1. The van der Waals surface area contributed by atoms with Gasteiger partial charge in [-0.2, -0.15) is 4.74 Å². The molecular weight excluding hydrogens is 220 g/mol. The van der Waals surface area contributed by atoms with Crippen LogP contribution in [0.4, 0.5) is 5.69 Å². The maximum absolute atomic E-state index is 11.5. The molecule has 1 heterocycles. The van der Waals surface area contributed by atoms with Crippen LogP contribution in [-0.4, -0.2) is 29.0 Å². The predicted molar refractivity (Wildman–Crippen MR) is 64.7 cm³/mol. The number of benzene rings is 1. The van der Waals surface area contributed by atoms with Gasteiger partial charge >= 0.3 is 5.97 Å². The van der Waals surface area contributed by atoms with Gasteiger partial charge in [0.05, 0.1) is 17.5 Å². The van der Waals surface area contributed by atoms with Crippen molar-refractivity contribution in [2.75, 3.05) is 6.61 Å². The minimum atomic E-state index is -0.434. The largest absolute Gasteiger partial charge is 0.619 e. The van der Waals surface area contributed by atoms with Gasteiger partial charge in [-0.1, -0.05) is 6.07 Å². The van der Waals surface area contributed by atoms with E-state index in [1.165, 1.54) is 0 Å². The van der Waals surface area contributed by atoms with Crippen molar-refractivity contribution in [3.05, 3.63) is 35.2 Å². The first-order chi connectivity index (χ1) is 8.13. The molecule has 0 aliphatic heterocycles. The van der Waals surface area contributed by atoms with Crippen molar-refractivity contribution in [2.24, 2.45) is 0 Å². The van der Waals surface area contributed by atoms with E-state index in [0.717, 1.165) is 0 Å². The van der Waals surface area contributed by atoms with Crippen molar-refractivity contribution in [1.82, 2.24) is 4.98 Å². The first-order valence-corrected chi connectivity index (χ1v) is 5.20. The molecule has 0 saturated heterocycles. The van der Waals surface area contributed by atoms with Crippen LogP contribution in [-0.2, 0) is 4.74 Å². The zero-order valence-electron chi connectivity index (χ0n) is 9.40. The van der Waals surface area contributed by atoms with Crippen molar-refractivity contribution >= 4 is 29.3 Å². The van der Waals surface area contributed by atoms with E-state index in [1.807, 2.05) is 0 Å². The zero-order valence-corrected chi connectivity index (χ0v) is 9.40. The van der Waals surface area contributed by atoms with Gasteiger partial charge < -0.3 is 14.9 Å². The summed E-state index contributed by atoms with van der Waals surface area (Å²) < 4.78 is 5.40. The monoisotopic (exact) mass is 232 g/mol. The molecule has 0 amide bonds. The van der Waals surface area contributed by atoms with Crippen molar-refractivity contribution in [3.63, 3.8) is 0 Å². The van der Waals surface area contributed by atoms with Crippen LogP contribution in [0.3, 0.4) is 0 Å². The summed E-state index contributed by atoms with van der Waals surface area (Å²) in [5.74, 6) is -0.434. The van der Waals surface area contributed by atoms with Gasteiger partial charge in [0.1, 0.15) is 12.4 Å². The van der Waals surface area contributed by atoms with Crippen molar-refractivity contribution in [1.29, 1.82) is 0 Å². The number of hydrogen-bond donors (Lipinski definition) is 1. The molecule has 0 atom stereocenters. The van der Waals surface area contributed by atoms with Gasteiger partial charge in [-0.3, -0.25) is 0 Å². The number of ether oxygens (including phenoxy) is 1. The quantitative estimate of drug-likeness (QED) is 0.290. The fourth-order valence-corrected chi connectivity index (χ4v) is 1.68. The van der Waals surface area contributed by atoms with Gasteiger partial charge in [0.15, 0.2) is 0 Å². The summed E-state index contributed by atoms with van der Waals surface area (Å²) >= 11 is 0. The van der Waals surface area contributed by atoms with Gasteiger partial charge in [-0.25, -0.2) is 4.79 Å². The first kappa shape index (κ1) is 11.2. The molecule has 1 aromatic carbocycles. The molecule has 1 aromatic heterocycles. The van der Waals surface area contributed by atoms with Crippen LogP contribution in [0, 0.1) is 5.21 Å².